The summed E-state index contributed by atoms with van der Waals surface area (Å²) in [5.74, 6) is 0.511. The van der Waals surface area contributed by atoms with Gasteiger partial charge in [0.2, 0.25) is 0 Å². The molecule has 1 aliphatic rings. The number of benzene rings is 1. The van der Waals surface area contributed by atoms with Crippen LogP contribution in [0.15, 0.2) is 33.5 Å². The molecule has 0 N–H and O–H groups in total. The number of amides is 1. The predicted octanol–water partition coefficient (Wildman–Crippen LogP) is 3.66. The molecule has 1 unspecified atom stereocenters. The molecular formula is C20H25NO4. The zero-order valence-corrected chi connectivity index (χ0v) is 15.1. The number of ether oxygens (including phenoxy) is 1. The van der Waals surface area contributed by atoms with E-state index in [0.717, 1.165) is 23.8 Å². The molecule has 3 rings (SSSR count). The topological polar surface area (TPSA) is 59.8 Å². The van der Waals surface area contributed by atoms with Crippen LogP contribution >= 0.6 is 0 Å². The fourth-order valence-corrected chi connectivity index (χ4v) is 3.57. The van der Waals surface area contributed by atoms with Crippen molar-refractivity contribution < 1.29 is 13.9 Å². The van der Waals surface area contributed by atoms with E-state index in [1.807, 2.05) is 24.9 Å². The Bertz CT molecular complexity index is 820. The number of carbonyl (C=O) groups is 1. The highest BCUT2D eigenvalue weighted by Crippen LogP contribution is 2.25. The second kappa shape index (κ2) is 7.30. The van der Waals surface area contributed by atoms with E-state index in [1.165, 1.54) is 25.3 Å². The van der Waals surface area contributed by atoms with Gasteiger partial charge in [-0.2, -0.15) is 0 Å². The van der Waals surface area contributed by atoms with Crippen LogP contribution in [-0.2, 0) is 4.79 Å². The van der Waals surface area contributed by atoms with Crippen molar-refractivity contribution in [3.8, 4) is 5.75 Å². The minimum Gasteiger partial charge on any atom is -0.481 e. The van der Waals surface area contributed by atoms with Crippen LogP contribution in [0.4, 0.5) is 0 Å². The molecule has 1 saturated carbocycles. The maximum atomic E-state index is 12.6. The number of aryl methyl sites for hydroxylation is 1. The van der Waals surface area contributed by atoms with Crippen molar-refractivity contribution in [1.29, 1.82) is 0 Å². The van der Waals surface area contributed by atoms with E-state index in [4.69, 9.17) is 9.15 Å². The van der Waals surface area contributed by atoms with Gasteiger partial charge in [-0.1, -0.05) is 19.3 Å². The van der Waals surface area contributed by atoms with Gasteiger partial charge in [0.15, 0.2) is 6.10 Å². The summed E-state index contributed by atoms with van der Waals surface area (Å²) in [5, 5.41) is 0.866. The van der Waals surface area contributed by atoms with Crippen molar-refractivity contribution >= 4 is 16.9 Å². The van der Waals surface area contributed by atoms with Crippen LogP contribution in [0.2, 0.25) is 0 Å². The van der Waals surface area contributed by atoms with Crippen LogP contribution in [-0.4, -0.2) is 30.0 Å². The average molecular weight is 343 g/mol. The van der Waals surface area contributed by atoms with E-state index in [2.05, 4.69) is 0 Å². The fourth-order valence-electron chi connectivity index (χ4n) is 3.57. The van der Waals surface area contributed by atoms with E-state index in [1.54, 1.807) is 19.1 Å². The van der Waals surface area contributed by atoms with Gasteiger partial charge in [0.1, 0.15) is 11.3 Å². The van der Waals surface area contributed by atoms with Gasteiger partial charge in [0.25, 0.3) is 5.91 Å². The first-order valence-electron chi connectivity index (χ1n) is 8.93. The molecule has 0 bridgehead atoms. The lowest BCUT2D eigenvalue weighted by molar-refractivity contribution is -0.139. The number of hydrogen-bond acceptors (Lipinski definition) is 4. The van der Waals surface area contributed by atoms with Gasteiger partial charge in [0, 0.05) is 30.6 Å². The molecule has 0 aliphatic heterocycles. The van der Waals surface area contributed by atoms with E-state index in [9.17, 15) is 9.59 Å². The molecule has 1 atom stereocenters. The third-order valence-corrected chi connectivity index (χ3v) is 5.05. The molecule has 1 aliphatic carbocycles. The largest absolute Gasteiger partial charge is 0.481 e. The Labute approximate surface area is 147 Å². The van der Waals surface area contributed by atoms with Gasteiger partial charge >= 0.3 is 5.63 Å². The normalized spacial score (nSPS) is 16.6. The Balaban J connectivity index is 1.73. The zero-order chi connectivity index (χ0) is 18.0. The number of likely N-dealkylation sites (N-methyl/N-ethyl adjacent to an activating group) is 1. The minimum atomic E-state index is -0.582. The molecule has 1 aromatic carbocycles. The number of fused-ring (bicyclic) bond motifs is 1. The number of hydrogen-bond donors (Lipinski definition) is 0. The molecule has 1 heterocycles. The van der Waals surface area contributed by atoms with Gasteiger partial charge in [-0.15, -0.1) is 0 Å². The van der Waals surface area contributed by atoms with Gasteiger partial charge in [0.05, 0.1) is 0 Å². The van der Waals surface area contributed by atoms with Gasteiger partial charge in [-0.05, 0) is 44.4 Å². The van der Waals surface area contributed by atoms with Gasteiger partial charge < -0.3 is 14.1 Å². The molecule has 2 aromatic rings. The predicted molar refractivity (Wildman–Crippen MR) is 97.0 cm³/mol. The van der Waals surface area contributed by atoms with Crippen molar-refractivity contribution in [3.63, 3.8) is 0 Å². The van der Waals surface area contributed by atoms with E-state index in [0.29, 0.717) is 17.4 Å². The quantitative estimate of drug-likeness (QED) is 0.795. The summed E-state index contributed by atoms with van der Waals surface area (Å²) in [7, 11) is 1.86. The Hall–Kier alpha value is -2.30. The van der Waals surface area contributed by atoms with Gasteiger partial charge in [-0.25, -0.2) is 4.79 Å². The second-order valence-electron chi connectivity index (χ2n) is 6.91. The maximum Gasteiger partial charge on any atom is 0.336 e. The summed E-state index contributed by atoms with van der Waals surface area (Å²) in [6, 6.07) is 7.11. The van der Waals surface area contributed by atoms with Crippen LogP contribution < -0.4 is 10.4 Å². The molecule has 1 amide bonds. The molecule has 5 heteroatoms. The smallest absolute Gasteiger partial charge is 0.336 e. The van der Waals surface area contributed by atoms with Crippen LogP contribution in [0.25, 0.3) is 11.0 Å². The summed E-state index contributed by atoms with van der Waals surface area (Å²) in [4.78, 5) is 26.0. The molecule has 1 fully saturated rings. The molecule has 0 saturated heterocycles. The van der Waals surface area contributed by atoms with Crippen LogP contribution in [0.5, 0.6) is 5.75 Å². The minimum absolute atomic E-state index is 0.0160. The molecule has 0 radical (unpaired) electrons. The number of carbonyl (C=O) groups excluding carboxylic acids is 1. The Morgan fingerprint density at radius 3 is 2.68 bits per heavy atom. The van der Waals surface area contributed by atoms with E-state index < -0.39 is 6.10 Å². The summed E-state index contributed by atoms with van der Waals surface area (Å²) in [6.45, 7) is 3.63. The molecule has 5 nitrogen and oxygen atoms in total. The lowest BCUT2D eigenvalue weighted by Crippen LogP contribution is -2.44. The van der Waals surface area contributed by atoms with Crippen molar-refractivity contribution in [2.45, 2.75) is 58.1 Å². The molecular weight excluding hydrogens is 318 g/mol. The van der Waals surface area contributed by atoms with E-state index in [-0.39, 0.29) is 11.5 Å². The first-order chi connectivity index (χ1) is 12.0. The lowest BCUT2D eigenvalue weighted by Gasteiger charge is -2.32. The van der Waals surface area contributed by atoms with Crippen molar-refractivity contribution in [2.24, 2.45) is 0 Å². The second-order valence-corrected chi connectivity index (χ2v) is 6.91. The molecule has 0 spiro atoms. The third kappa shape index (κ3) is 3.86. The van der Waals surface area contributed by atoms with Crippen molar-refractivity contribution in [2.75, 3.05) is 7.05 Å². The molecule has 25 heavy (non-hydrogen) atoms. The van der Waals surface area contributed by atoms with Crippen LogP contribution in [0.1, 0.15) is 44.6 Å². The van der Waals surface area contributed by atoms with Crippen LogP contribution in [0.3, 0.4) is 0 Å². The summed E-state index contributed by atoms with van der Waals surface area (Å²) in [5.41, 5.74) is 0.949. The van der Waals surface area contributed by atoms with Crippen molar-refractivity contribution in [1.82, 2.24) is 4.90 Å². The fraction of sp³-hybridized carbons (Fsp3) is 0.500. The number of rotatable bonds is 4. The standard InChI is InChI=1S/C20H25NO4/c1-13-11-19(22)25-18-12-16(9-10-17(13)18)24-14(2)20(23)21(3)15-7-5-4-6-8-15/h9-12,14-15H,4-8H2,1-3H3. The van der Waals surface area contributed by atoms with Crippen LogP contribution in [0, 0.1) is 6.92 Å². The maximum absolute atomic E-state index is 12.6. The third-order valence-electron chi connectivity index (χ3n) is 5.05. The lowest BCUT2D eigenvalue weighted by atomic mass is 9.94. The summed E-state index contributed by atoms with van der Waals surface area (Å²) >= 11 is 0. The Kier molecular flexibility index (Phi) is 5.11. The molecule has 134 valence electrons. The first kappa shape index (κ1) is 17.5. The zero-order valence-electron chi connectivity index (χ0n) is 15.1. The SMILES string of the molecule is Cc1cc(=O)oc2cc(OC(C)C(=O)N(C)C3CCCCC3)ccc12. The highest BCUT2D eigenvalue weighted by Gasteiger charge is 2.26. The Morgan fingerprint density at radius 2 is 1.96 bits per heavy atom. The highest BCUT2D eigenvalue weighted by atomic mass is 16.5. The monoisotopic (exact) mass is 343 g/mol. The Morgan fingerprint density at radius 1 is 1.24 bits per heavy atom. The average Bonchev–Trinajstić information content (AvgIpc) is 2.60. The van der Waals surface area contributed by atoms with E-state index >= 15 is 0 Å². The first-order valence-corrected chi connectivity index (χ1v) is 8.93. The van der Waals surface area contributed by atoms with Gasteiger partial charge in [-0.3, -0.25) is 4.79 Å². The van der Waals surface area contributed by atoms with Crippen molar-refractivity contribution in [3.05, 3.63) is 40.2 Å². The number of nitrogens with zero attached hydrogens (tertiary/aromatic N) is 1. The summed E-state index contributed by atoms with van der Waals surface area (Å²) in [6.07, 6.45) is 5.17. The highest BCUT2D eigenvalue weighted by molar-refractivity contribution is 5.82. The molecule has 1 aromatic heterocycles. The summed E-state index contributed by atoms with van der Waals surface area (Å²) < 4.78 is 11.1.